The number of para-hydroxylation sites is 1. The molecule has 0 radical (unpaired) electrons. The molecule has 9 rings (SSSR count). The second-order valence-corrected chi connectivity index (χ2v) is 10.4. The average molecular weight is 558 g/mol. The fourth-order valence-corrected chi connectivity index (χ4v) is 6.06. The maximum Gasteiger partial charge on any atom is 0.135 e. The van der Waals surface area contributed by atoms with E-state index < -0.39 is 77.6 Å². The summed E-state index contributed by atoms with van der Waals surface area (Å²) in [6.45, 7) is 0. The molecule has 1 heteroatoms. The molecule has 0 aliphatic rings. The zero-order chi connectivity index (χ0) is 37.9. The highest BCUT2D eigenvalue weighted by atomic mass is 16.3. The molecule has 0 amide bonds. The molecule has 0 aliphatic heterocycles. The van der Waals surface area contributed by atoms with Crippen molar-refractivity contribution in [2.24, 2.45) is 0 Å². The third-order valence-electron chi connectivity index (χ3n) is 7.97. The summed E-state index contributed by atoms with van der Waals surface area (Å²) in [5.74, 6) is 0. The molecule has 8 aromatic carbocycles. The maximum absolute atomic E-state index is 9.38. The van der Waals surface area contributed by atoms with E-state index in [4.69, 9.17) is 14.0 Å². The summed E-state index contributed by atoms with van der Waals surface area (Å²) < 4.78 is 103. The van der Waals surface area contributed by atoms with E-state index >= 15 is 0 Å². The highest BCUT2D eigenvalue weighted by molar-refractivity contribution is 6.22. The van der Waals surface area contributed by atoms with Gasteiger partial charge >= 0.3 is 0 Å². The average Bonchev–Trinajstić information content (AvgIpc) is 3.56. The van der Waals surface area contributed by atoms with E-state index in [1.165, 1.54) is 0 Å². The molecule has 1 heterocycles. The predicted octanol–water partition coefficient (Wildman–Crippen LogP) is 12.0. The van der Waals surface area contributed by atoms with Gasteiger partial charge in [0.25, 0.3) is 0 Å². The van der Waals surface area contributed by atoms with Crippen LogP contribution in [0.1, 0.15) is 15.1 Å². The topological polar surface area (TPSA) is 13.1 Å². The first-order chi connectivity index (χ1) is 25.9. The van der Waals surface area contributed by atoms with Gasteiger partial charge in [-0.1, -0.05) is 133 Å². The lowest BCUT2D eigenvalue weighted by atomic mass is 9.85. The molecule has 9 aromatic rings. The number of hydrogen-bond donors (Lipinski definition) is 0. The van der Waals surface area contributed by atoms with Crippen molar-refractivity contribution in [2.45, 2.75) is 0 Å². The van der Waals surface area contributed by atoms with Gasteiger partial charge in [-0.05, 0) is 89.9 Å². The molecule has 0 N–H and O–H groups in total. The first kappa shape index (κ1) is 15.5. The van der Waals surface area contributed by atoms with Gasteiger partial charge < -0.3 is 4.42 Å². The van der Waals surface area contributed by atoms with Crippen molar-refractivity contribution < 1.29 is 19.5 Å². The highest BCUT2D eigenvalue weighted by Crippen LogP contribution is 2.45. The standard InChI is InChI=1S/C42H26O/c1-2-10-30-25-31(22-19-27(30)9-1)28-17-20-29(21-18-28)41-34-12-3-5-14-36(34)42(37-15-6-4-13-35(37)41)32-23-24-40-38(26-32)33-11-7-8-16-39(33)43-40/h1-26H/i1D,2D,9D,10D,17D,18D,19D,20D,21D,22D,25D. The molecular weight excluding hydrogens is 520 g/mol. The normalized spacial score (nSPS) is 15.3. The largest absolute Gasteiger partial charge is 0.456 e. The van der Waals surface area contributed by atoms with Gasteiger partial charge in [-0.2, -0.15) is 0 Å². The van der Waals surface area contributed by atoms with Gasteiger partial charge in [-0.15, -0.1) is 0 Å². The summed E-state index contributed by atoms with van der Waals surface area (Å²) in [6.07, 6.45) is 0. The number of fused-ring (bicyclic) bond motifs is 6. The van der Waals surface area contributed by atoms with Crippen LogP contribution in [0.25, 0.3) is 87.6 Å². The van der Waals surface area contributed by atoms with Crippen molar-refractivity contribution in [3.63, 3.8) is 0 Å². The minimum atomic E-state index is -0.631. The van der Waals surface area contributed by atoms with E-state index in [1.807, 2.05) is 84.9 Å². The summed E-state index contributed by atoms with van der Waals surface area (Å²) in [5, 5.41) is 4.32. The van der Waals surface area contributed by atoms with Crippen LogP contribution in [0, 0.1) is 0 Å². The molecule has 0 aliphatic carbocycles. The molecule has 200 valence electrons. The Balaban J connectivity index is 1.35. The van der Waals surface area contributed by atoms with Crippen molar-refractivity contribution in [3.05, 3.63) is 157 Å². The number of rotatable bonds is 3. The van der Waals surface area contributed by atoms with Gasteiger partial charge in [0.05, 0.1) is 15.1 Å². The van der Waals surface area contributed by atoms with Gasteiger partial charge in [0.1, 0.15) is 11.2 Å². The Kier molecular flexibility index (Phi) is 3.41. The molecule has 1 nitrogen and oxygen atoms in total. The van der Waals surface area contributed by atoms with Gasteiger partial charge in [0.15, 0.2) is 0 Å². The highest BCUT2D eigenvalue weighted by Gasteiger charge is 2.17. The van der Waals surface area contributed by atoms with E-state index in [0.717, 1.165) is 43.8 Å². The van der Waals surface area contributed by atoms with Crippen LogP contribution in [0.3, 0.4) is 0 Å². The summed E-state index contributed by atoms with van der Waals surface area (Å²) >= 11 is 0. The predicted molar refractivity (Wildman–Crippen MR) is 183 cm³/mol. The van der Waals surface area contributed by atoms with E-state index in [0.29, 0.717) is 16.3 Å². The second-order valence-electron chi connectivity index (χ2n) is 10.4. The van der Waals surface area contributed by atoms with Gasteiger partial charge in [-0.3, -0.25) is 0 Å². The van der Waals surface area contributed by atoms with E-state index in [1.54, 1.807) is 0 Å². The molecule has 0 saturated heterocycles. The first-order valence-corrected chi connectivity index (χ1v) is 13.9. The number of benzene rings is 8. The summed E-state index contributed by atoms with van der Waals surface area (Å²) in [5.41, 5.74) is 3.09. The Morgan fingerprint density at radius 1 is 0.395 bits per heavy atom. The number of furan rings is 1. The van der Waals surface area contributed by atoms with Crippen molar-refractivity contribution in [3.8, 4) is 33.4 Å². The zero-order valence-electron chi connectivity index (χ0n) is 33.6. The van der Waals surface area contributed by atoms with Gasteiger partial charge in [-0.25, -0.2) is 0 Å². The van der Waals surface area contributed by atoms with Crippen LogP contribution in [0.15, 0.2) is 162 Å². The van der Waals surface area contributed by atoms with Crippen LogP contribution in [-0.4, -0.2) is 0 Å². The molecule has 1 aromatic heterocycles. The van der Waals surface area contributed by atoms with Crippen molar-refractivity contribution in [2.75, 3.05) is 0 Å². The minimum absolute atomic E-state index is 0.0239. The Morgan fingerprint density at radius 3 is 1.63 bits per heavy atom. The third kappa shape index (κ3) is 3.79. The number of hydrogen-bond acceptors (Lipinski definition) is 1. The van der Waals surface area contributed by atoms with Crippen LogP contribution >= 0.6 is 0 Å². The molecule has 0 atom stereocenters. The Bertz CT molecular complexity index is 3040. The molecule has 0 saturated carbocycles. The Labute approximate surface area is 264 Å². The van der Waals surface area contributed by atoms with Crippen LogP contribution in [0.2, 0.25) is 0 Å². The third-order valence-corrected chi connectivity index (χ3v) is 7.97. The molecule has 0 unspecified atom stereocenters. The Morgan fingerprint density at radius 2 is 0.930 bits per heavy atom. The molecule has 0 bridgehead atoms. The van der Waals surface area contributed by atoms with E-state index in [9.17, 15) is 5.48 Å². The quantitative estimate of drug-likeness (QED) is 0.197. The first-order valence-electron chi connectivity index (χ1n) is 19.4. The van der Waals surface area contributed by atoms with E-state index in [-0.39, 0.29) is 16.3 Å². The zero-order valence-corrected chi connectivity index (χ0v) is 22.6. The van der Waals surface area contributed by atoms with Crippen molar-refractivity contribution >= 4 is 54.3 Å². The summed E-state index contributed by atoms with van der Waals surface area (Å²) in [6, 6.07) is 23.0. The van der Waals surface area contributed by atoms with Crippen LogP contribution in [0.5, 0.6) is 0 Å². The van der Waals surface area contributed by atoms with Gasteiger partial charge in [0, 0.05) is 10.8 Å². The molecule has 0 spiro atoms. The lowest BCUT2D eigenvalue weighted by molar-refractivity contribution is 0.669. The SMILES string of the molecule is [2H]c1c([2H])c(-c2c3ccccc3c(-c3ccc4oc5ccccc5c4c3)c3ccccc23)c([2H])c([2H])c1-c1c([2H])c([2H])c2c([2H])c([2H])c([2H])c([2H])c2c1[2H]. The molecule has 0 fully saturated rings. The van der Waals surface area contributed by atoms with E-state index in [2.05, 4.69) is 6.07 Å². The molecule has 43 heavy (non-hydrogen) atoms. The van der Waals surface area contributed by atoms with Gasteiger partial charge in [0.2, 0.25) is 0 Å². The monoisotopic (exact) mass is 557 g/mol. The van der Waals surface area contributed by atoms with Crippen LogP contribution < -0.4 is 0 Å². The van der Waals surface area contributed by atoms with Crippen LogP contribution in [0.4, 0.5) is 0 Å². The fourth-order valence-electron chi connectivity index (χ4n) is 6.06. The lowest BCUT2D eigenvalue weighted by Gasteiger charge is -2.18. The smallest absolute Gasteiger partial charge is 0.135 e. The van der Waals surface area contributed by atoms with Crippen molar-refractivity contribution in [1.29, 1.82) is 0 Å². The van der Waals surface area contributed by atoms with Crippen LogP contribution in [-0.2, 0) is 0 Å². The summed E-state index contributed by atoms with van der Waals surface area (Å²) in [4.78, 5) is 0. The summed E-state index contributed by atoms with van der Waals surface area (Å²) in [7, 11) is 0. The maximum atomic E-state index is 9.38. The fraction of sp³-hybridized carbons (Fsp3) is 0. The minimum Gasteiger partial charge on any atom is -0.456 e. The second kappa shape index (κ2) is 9.44. The molecular formula is C42H26O. The Hall–Kier alpha value is -5.66. The lowest BCUT2D eigenvalue weighted by Crippen LogP contribution is -1.91. The van der Waals surface area contributed by atoms with Crippen molar-refractivity contribution in [1.82, 2.24) is 0 Å².